The Morgan fingerprint density at radius 2 is 2.09 bits per heavy atom. The van der Waals surface area contributed by atoms with Crippen LogP contribution >= 0.6 is 11.6 Å². The van der Waals surface area contributed by atoms with Crippen molar-refractivity contribution in [3.05, 3.63) is 34.9 Å². The normalized spacial score (nSPS) is 24.0. The molecule has 3 rings (SSSR count). The molecule has 2 saturated heterocycles. The molecule has 23 heavy (non-hydrogen) atoms. The molecular formula is C17H22ClN3O2. The summed E-state index contributed by atoms with van der Waals surface area (Å²) in [5, 5.41) is 6.78. The third-order valence-corrected chi connectivity index (χ3v) is 4.81. The van der Waals surface area contributed by atoms with Crippen molar-refractivity contribution in [2.75, 3.05) is 26.2 Å². The summed E-state index contributed by atoms with van der Waals surface area (Å²) in [5.74, 6) is 0.377. The lowest BCUT2D eigenvalue weighted by atomic mass is 10.0. The Bertz CT molecular complexity index is 587. The second-order valence-corrected chi connectivity index (χ2v) is 6.75. The van der Waals surface area contributed by atoms with Gasteiger partial charge in [0.15, 0.2) is 0 Å². The van der Waals surface area contributed by atoms with Crippen molar-refractivity contribution in [3.63, 3.8) is 0 Å². The van der Waals surface area contributed by atoms with E-state index < -0.39 is 0 Å². The van der Waals surface area contributed by atoms with E-state index in [-0.39, 0.29) is 23.8 Å². The van der Waals surface area contributed by atoms with Gasteiger partial charge < -0.3 is 15.5 Å². The van der Waals surface area contributed by atoms with Crippen LogP contribution in [-0.4, -0.2) is 48.9 Å². The van der Waals surface area contributed by atoms with E-state index in [1.54, 1.807) is 24.3 Å². The van der Waals surface area contributed by atoms with Gasteiger partial charge in [-0.2, -0.15) is 0 Å². The molecule has 2 amide bonds. The lowest BCUT2D eigenvalue weighted by Crippen LogP contribution is -2.42. The maximum Gasteiger partial charge on any atom is 0.251 e. The minimum Gasteiger partial charge on any atom is -0.352 e. The number of halogens is 1. The summed E-state index contributed by atoms with van der Waals surface area (Å²) in [6.07, 6.45) is 3.00. The molecule has 2 atom stereocenters. The van der Waals surface area contributed by atoms with E-state index in [9.17, 15) is 9.59 Å². The number of benzene rings is 1. The number of hydrogen-bond donors (Lipinski definition) is 2. The number of likely N-dealkylation sites (tertiary alicyclic amines) is 1. The van der Waals surface area contributed by atoms with Crippen molar-refractivity contribution in [2.45, 2.75) is 25.3 Å². The number of nitrogens with zero attached hydrogens (tertiary/aromatic N) is 1. The molecule has 2 N–H and O–H groups in total. The predicted molar refractivity (Wildman–Crippen MR) is 89.5 cm³/mol. The highest BCUT2D eigenvalue weighted by Gasteiger charge is 2.33. The molecule has 2 unspecified atom stereocenters. The average molecular weight is 336 g/mol. The van der Waals surface area contributed by atoms with Crippen LogP contribution in [-0.2, 0) is 4.79 Å². The van der Waals surface area contributed by atoms with E-state index in [0.717, 1.165) is 38.9 Å². The van der Waals surface area contributed by atoms with Crippen LogP contribution < -0.4 is 10.6 Å². The smallest absolute Gasteiger partial charge is 0.251 e. The molecule has 2 aliphatic rings. The molecule has 0 aromatic heterocycles. The second kappa shape index (κ2) is 7.32. The lowest BCUT2D eigenvalue weighted by Gasteiger charge is -2.20. The van der Waals surface area contributed by atoms with Gasteiger partial charge in [-0.25, -0.2) is 0 Å². The van der Waals surface area contributed by atoms with Gasteiger partial charge in [-0.3, -0.25) is 9.59 Å². The molecule has 5 nitrogen and oxygen atoms in total. The summed E-state index contributed by atoms with van der Waals surface area (Å²) in [4.78, 5) is 26.4. The minimum atomic E-state index is -0.123. The van der Waals surface area contributed by atoms with Crippen LogP contribution in [0.1, 0.15) is 29.6 Å². The van der Waals surface area contributed by atoms with Gasteiger partial charge in [-0.1, -0.05) is 17.7 Å². The van der Waals surface area contributed by atoms with Crippen LogP contribution in [0.25, 0.3) is 0 Å². The van der Waals surface area contributed by atoms with E-state index in [1.165, 1.54) is 0 Å². The number of rotatable bonds is 4. The number of carbonyl (C=O) groups is 2. The zero-order valence-electron chi connectivity index (χ0n) is 13.1. The van der Waals surface area contributed by atoms with Crippen LogP contribution in [0, 0.1) is 5.92 Å². The van der Waals surface area contributed by atoms with Crippen molar-refractivity contribution in [1.29, 1.82) is 0 Å². The van der Waals surface area contributed by atoms with Crippen LogP contribution in [0.2, 0.25) is 5.02 Å². The summed E-state index contributed by atoms with van der Waals surface area (Å²) in [6.45, 7) is 3.10. The highest BCUT2D eigenvalue weighted by Crippen LogP contribution is 2.18. The predicted octanol–water partition coefficient (Wildman–Crippen LogP) is 1.67. The Balaban J connectivity index is 1.46. The molecule has 2 fully saturated rings. The average Bonchev–Trinajstić information content (AvgIpc) is 3.23. The highest BCUT2D eigenvalue weighted by molar-refractivity contribution is 6.30. The monoisotopic (exact) mass is 335 g/mol. The first-order chi connectivity index (χ1) is 11.1. The van der Waals surface area contributed by atoms with Gasteiger partial charge in [0.05, 0.1) is 6.04 Å². The SMILES string of the molecule is O=C(NCC1CNC(C(=O)N2CCCC2)C1)c1cccc(Cl)c1. The summed E-state index contributed by atoms with van der Waals surface area (Å²) in [5.41, 5.74) is 0.563. The van der Waals surface area contributed by atoms with Crippen molar-refractivity contribution >= 4 is 23.4 Å². The minimum absolute atomic E-state index is 0.0961. The van der Waals surface area contributed by atoms with Gasteiger partial charge in [0.2, 0.25) is 5.91 Å². The Morgan fingerprint density at radius 1 is 1.30 bits per heavy atom. The lowest BCUT2D eigenvalue weighted by molar-refractivity contribution is -0.132. The third kappa shape index (κ3) is 4.03. The summed E-state index contributed by atoms with van der Waals surface area (Å²) in [6, 6.07) is 6.81. The Morgan fingerprint density at radius 3 is 2.83 bits per heavy atom. The molecule has 1 aromatic rings. The number of amides is 2. The maximum atomic E-state index is 12.4. The Labute approximate surface area is 141 Å². The second-order valence-electron chi connectivity index (χ2n) is 6.32. The van der Waals surface area contributed by atoms with Crippen molar-refractivity contribution < 1.29 is 9.59 Å². The molecule has 0 radical (unpaired) electrons. The topological polar surface area (TPSA) is 61.4 Å². The fourth-order valence-corrected chi connectivity index (χ4v) is 3.47. The van der Waals surface area contributed by atoms with Crippen LogP contribution in [0.15, 0.2) is 24.3 Å². The fourth-order valence-electron chi connectivity index (χ4n) is 3.28. The van der Waals surface area contributed by atoms with E-state index in [2.05, 4.69) is 10.6 Å². The molecule has 124 valence electrons. The Kier molecular flexibility index (Phi) is 5.18. The largest absolute Gasteiger partial charge is 0.352 e. The molecule has 0 saturated carbocycles. The molecule has 0 aliphatic carbocycles. The summed E-state index contributed by atoms with van der Waals surface area (Å²) in [7, 11) is 0. The fraction of sp³-hybridized carbons (Fsp3) is 0.529. The van der Waals surface area contributed by atoms with Gasteiger partial charge in [0.25, 0.3) is 5.91 Å². The van der Waals surface area contributed by atoms with Gasteiger partial charge in [0.1, 0.15) is 0 Å². The standard InChI is InChI=1S/C17H22ClN3O2/c18-14-5-3-4-13(9-14)16(22)20-11-12-8-15(19-10-12)17(23)21-6-1-2-7-21/h3-5,9,12,15,19H,1-2,6-8,10-11H2,(H,20,22). The number of hydrogen-bond acceptors (Lipinski definition) is 3. The van der Waals surface area contributed by atoms with Crippen LogP contribution in [0.4, 0.5) is 0 Å². The summed E-state index contributed by atoms with van der Waals surface area (Å²) < 4.78 is 0. The third-order valence-electron chi connectivity index (χ3n) is 4.58. The van der Waals surface area contributed by atoms with Gasteiger partial charge in [-0.05, 0) is 43.4 Å². The molecular weight excluding hydrogens is 314 g/mol. The van der Waals surface area contributed by atoms with Crippen LogP contribution in [0.3, 0.4) is 0 Å². The van der Waals surface area contributed by atoms with Crippen molar-refractivity contribution in [2.24, 2.45) is 5.92 Å². The first kappa shape index (κ1) is 16.3. The van der Waals surface area contributed by atoms with Crippen molar-refractivity contribution in [3.8, 4) is 0 Å². The van der Waals surface area contributed by atoms with E-state index in [0.29, 0.717) is 17.1 Å². The van der Waals surface area contributed by atoms with Gasteiger partial charge in [0, 0.05) is 36.8 Å². The number of nitrogens with one attached hydrogen (secondary N) is 2. The van der Waals surface area contributed by atoms with Crippen molar-refractivity contribution in [1.82, 2.24) is 15.5 Å². The maximum absolute atomic E-state index is 12.4. The van der Waals surface area contributed by atoms with Gasteiger partial charge >= 0.3 is 0 Å². The highest BCUT2D eigenvalue weighted by atomic mass is 35.5. The first-order valence-corrected chi connectivity index (χ1v) is 8.57. The van der Waals surface area contributed by atoms with Crippen LogP contribution in [0.5, 0.6) is 0 Å². The molecule has 0 bridgehead atoms. The zero-order valence-corrected chi connectivity index (χ0v) is 13.8. The first-order valence-electron chi connectivity index (χ1n) is 8.19. The zero-order chi connectivity index (χ0) is 16.2. The van der Waals surface area contributed by atoms with E-state index in [1.807, 2.05) is 4.90 Å². The number of carbonyl (C=O) groups excluding carboxylic acids is 2. The summed E-state index contributed by atoms with van der Waals surface area (Å²) >= 11 is 5.90. The molecule has 2 aliphatic heterocycles. The van der Waals surface area contributed by atoms with Gasteiger partial charge in [-0.15, -0.1) is 0 Å². The molecule has 2 heterocycles. The molecule has 6 heteroatoms. The van der Waals surface area contributed by atoms with E-state index >= 15 is 0 Å². The molecule has 0 spiro atoms. The quantitative estimate of drug-likeness (QED) is 0.880. The Hall–Kier alpha value is -1.59. The molecule has 1 aromatic carbocycles. The van der Waals surface area contributed by atoms with E-state index in [4.69, 9.17) is 11.6 Å².